The van der Waals surface area contributed by atoms with Crippen LogP contribution in [0.15, 0.2) is 30.3 Å². The molecule has 0 aromatic heterocycles. The van der Waals surface area contributed by atoms with Crippen molar-refractivity contribution in [1.29, 1.82) is 0 Å². The fraction of sp³-hybridized carbons (Fsp3) is 0.600. The molecule has 1 unspecified atom stereocenters. The zero-order valence-corrected chi connectivity index (χ0v) is 13.6. The highest BCUT2D eigenvalue weighted by molar-refractivity contribution is 6.74. The fourth-order valence-electron chi connectivity index (χ4n) is 1.28. The van der Waals surface area contributed by atoms with Crippen molar-refractivity contribution in [3.63, 3.8) is 0 Å². The van der Waals surface area contributed by atoms with Crippen LogP contribution >= 0.6 is 0 Å². The molecule has 0 radical (unpaired) electrons. The molecule has 1 aromatic carbocycles. The van der Waals surface area contributed by atoms with Gasteiger partial charge >= 0.3 is 0 Å². The molecule has 0 fully saturated rings. The van der Waals surface area contributed by atoms with Crippen LogP contribution in [-0.2, 0) is 4.43 Å². The van der Waals surface area contributed by atoms with Crippen molar-refractivity contribution in [2.45, 2.75) is 45.0 Å². The van der Waals surface area contributed by atoms with Gasteiger partial charge in [0, 0.05) is 0 Å². The van der Waals surface area contributed by atoms with Crippen molar-refractivity contribution in [2.75, 3.05) is 13.2 Å². The lowest BCUT2D eigenvalue weighted by Gasteiger charge is -2.36. The summed E-state index contributed by atoms with van der Waals surface area (Å²) in [4.78, 5) is 0. The number of para-hydroxylation sites is 1. The lowest BCUT2D eigenvalue weighted by atomic mass is 10.2. The van der Waals surface area contributed by atoms with Crippen LogP contribution in [0.3, 0.4) is 0 Å². The first-order chi connectivity index (χ1) is 8.72. The van der Waals surface area contributed by atoms with Gasteiger partial charge in [-0.25, -0.2) is 0 Å². The molecule has 0 aliphatic rings. The van der Waals surface area contributed by atoms with E-state index < -0.39 is 14.4 Å². The minimum atomic E-state index is -1.79. The number of rotatable bonds is 6. The van der Waals surface area contributed by atoms with Gasteiger partial charge in [0.2, 0.25) is 0 Å². The van der Waals surface area contributed by atoms with Crippen molar-refractivity contribution in [1.82, 2.24) is 0 Å². The molecule has 0 amide bonds. The highest BCUT2D eigenvalue weighted by atomic mass is 28.4. The Labute approximate surface area is 117 Å². The third-order valence-corrected chi connectivity index (χ3v) is 8.13. The molecule has 19 heavy (non-hydrogen) atoms. The van der Waals surface area contributed by atoms with Crippen LogP contribution in [0, 0.1) is 0 Å². The van der Waals surface area contributed by atoms with E-state index in [1.807, 2.05) is 30.3 Å². The maximum atomic E-state index is 9.91. The Balaban J connectivity index is 2.34. The Morgan fingerprint density at radius 1 is 1.11 bits per heavy atom. The molecule has 0 aliphatic heterocycles. The molecule has 4 heteroatoms. The molecule has 1 N–H and O–H groups in total. The first-order valence-corrected chi connectivity index (χ1v) is 9.63. The van der Waals surface area contributed by atoms with E-state index in [0.29, 0.717) is 6.61 Å². The van der Waals surface area contributed by atoms with Gasteiger partial charge in [-0.1, -0.05) is 39.0 Å². The first kappa shape index (κ1) is 16.2. The zero-order chi connectivity index (χ0) is 14.5. The second-order valence-electron chi connectivity index (χ2n) is 6.35. The summed E-state index contributed by atoms with van der Waals surface area (Å²) >= 11 is 0. The van der Waals surface area contributed by atoms with Crippen LogP contribution in [-0.4, -0.2) is 32.7 Å². The molecule has 0 saturated carbocycles. The van der Waals surface area contributed by atoms with E-state index in [4.69, 9.17) is 9.16 Å². The summed E-state index contributed by atoms with van der Waals surface area (Å²) in [6, 6.07) is 9.51. The minimum absolute atomic E-state index is 0.160. The Morgan fingerprint density at radius 2 is 1.68 bits per heavy atom. The van der Waals surface area contributed by atoms with E-state index >= 15 is 0 Å². The molecular formula is C15H26O3Si. The van der Waals surface area contributed by atoms with Crippen LogP contribution in [0.1, 0.15) is 20.8 Å². The van der Waals surface area contributed by atoms with E-state index in [9.17, 15) is 5.11 Å². The van der Waals surface area contributed by atoms with Crippen molar-refractivity contribution >= 4 is 8.32 Å². The predicted molar refractivity (Wildman–Crippen MR) is 81.1 cm³/mol. The van der Waals surface area contributed by atoms with E-state index in [0.717, 1.165) is 5.75 Å². The SMILES string of the molecule is CC(C)(C)[Si](C)(C)OCC(O)COc1ccccc1. The molecule has 3 nitrogen and oxygen atoms in total. The second-order valence-corrected chi connectivity index (χ2v) is 11.2. The lowest BCUT2D eigenvalue weighted by Crippen LogP contribution is -2.43. The zero-order valence-electron chi connectivity index (χ0n) is 12.6. The van der Waals surface area contributed by atoms with Gasteiger partial charge < -0.3 is 14.3 Å². The van der Waals surface area contributed by atoms with Gasteiger partial charge in [-0.3, -0.25) is 0 Å². The van der Waals surface area contributed by atoms with E-state index in [2.05, 4.69) is 33.9 Å². The van der Waals surface area contributed by atoms with Gasteiger partial charge in [0.25, 0.3) is 0 Å². The standard InChI is InChI=1S/C15H26O3Si/c1-15(2,3)19(4,5)18-12-13(16)11-17-14-9-7-6-8-10-14/h6-10,13,16H,11-12H2,1-5H3. The largest absolute Gasteiger partial charge is 0.491 e. The van der Waals surface area contributed by atoms with Crippen LogP contribution in [0.2, 0.25) is 18.1 Å². The Morgan fingerprint density at radius 3 is 2.21 bits per heavy atom. The minimum Gasteiger partial charge on any atom is -0.491 e. The molecule has 0 heterocycles. The van der Waals surface area contributed by atoms with Gasteiger partial charge in [0.1, 0.15) is 18.5 Å². The van der Waals surface area contributed by atoms with Crippen molar-refractivity contribution in [2.24, 2.45) is 0 Å². The second kappa shape index (κ2) is 6.55. The molecule has 0 spiro atoms. The van der Waals surface area contributed by atoms with Gasteiger partial charge in [-0.15, -0.1) is 0 Å². The average molecular weight is 282 g/mol. The summed E-state index contributed by atoms with van der Waals surface area (Å²) in [5.41, 5.74) is 0. The summed E-state index contributed by atoms with van der Waals surface area (Å²) in [7, 11) is -1.79. The molecule has 0 saturated heterocycles. The van der Waals surface area contributed by atoms with Crippen LogP contribution in [0.4, 0.5) is 0 Å². The van der Waals surface area contributed by atoms with Gasteiger partial charge in [-0.2, -0.15) is 0 Å². The van der Waals surface area contributed by atoms with Crippen LogP contribution in [0.25, 0.3) is 0 Å². The smallest absolute Gasteiger partial charge is 0.192 e. The van der Waals surface area contributed by atoms with Crippen LogP contribution in [0.5, 0.6) is 5.75 Å². The summed E-state index contributed by atoms with van der Waals surface area (Å²) < 4.78 is 11.5. The number of benzene rings is 1. The maximum absolute atomic E-state index is 9.91. The third-order valence-electron chi connectivity index (χ3n) is 3.63. The monoisotopic (exact) mass is 282 g/mol. The summed E-state index contributed by atoms with van der Waals surface area (Å²) in [5.74, 6) is 0.772. The Hall–Kier alpha value is -0.843. The number of aliphatic hydroxyl groups is 1. The fourth-order valence-corrected chi connectivity index (χ4v) is 2.32. The van der Waals surface area contributed by atoms with Crippen molar-refractivity contribution < 1.29 is 14.3 Å². The van der Waals surface area contributed by atoms with Gasteiger partial charge in [-0.05, 0) is 30.3 Å². The molecule has 108 valence electrons. The summed E-state index contributed by atoms with van der Waals surface area (Å²) in [6.45, 7) is 11.5. The third kappa shape index (κ3) is 5.34. The average Bonchev–Trinajstić information content (AvgIpc) is 2.34. The highest BCUT2D eigenvalue weighted by Crippen LogP contribution is 2.36. The molecule has 1 rings (SSSR count). The van der Waals surface area contributed by atoms with E-state index in [1.165, 1.54) is 0 Å². The molecule has 0 bridgehead atoms. The van der Waals surface area contributed by atoms with Crippen LogP contribution < -0.4 is 4.74 Å². The first-order valence-electron chi connectivity index (χ1n) is 6.72. The number of ether oxygens (including phenoxy) is 1. The van der Waals surface area contributed by atoms with E-state index in [1.54, 1.807) is 0 Å². The molecule has 1 aromatic rings. The normalized spacial score (nSPS) is 14.2. The molecule has 1 atom stereocenters. The lowest BCUT2D eigenvalue weighted by molar-refractivity contribution is 0.0576. The maximum Gasteiger partial charge on any atom is 0.192 e. The Bertz CT molecular complexity index is 371. The van der Waals surface area contributed by atoms with Crippen molar-refractivity contribution in [3.8, 4) is 5.75 Å². The quantitative estimate of drug-likeness (QED) is 0.812. The Kier molecular flexibility index (Phi) is 5.59. The summed E-state index contributed by atoms with van der Waals surface area (Å²) in [5, 5.41) is 10.1. The van der Waals surface area contributed by atoms with Gasteiger partial charge in [0.15, 0.2) is 8.32 Å². The topological polar surface area (TPSA) is 38.7 Å². The summed E-state index contributed by atoms with van der Waals surface area (Å²) in [6.07, 6.45) is -0.589. The molecule has 0 aliphatic carbocycles. The van der Waals surface area contributed by atoms with Crippen molar-refractivity contribution in [3.05, 3.63) is 30.3 Å². The number of hydrogen-bond acceptors (Lipinski definition) is 3. The molecular weight excluding hydrogens is 256 g/mol. The van der Waals surface area contributed by atoms with Gasteiger partial charge in [0.05, 0.1) is 6.61 Å². The highest BCUT2D eigenvalue weighted by Gasteiger charge is 2.37. The van der Waals surface area contributed by atoms with E-state index in [-0.39, 0.29) is 11.6 Å². The predicted octanol–water partition coefficient (Wildman–Crippen LogP) is 3.45. The number of hydrogen-bond donors (Lipinski definition) is 1. The number of aliphatic hydroxyl groups excluding tert-OH is 1.